The van der Waals surface area contributed by atoms with E-state index in [1.807, 2.05) is 30.3 Å². The van der Waals surface area contributed by atoms with Crippen molar-refractivity contribution in [3.63, 3.8) is 0 Å². The molecule has 2 nitrogen and oxygen atoms in total. The molecule has 2 aromatic carbocycles. The molecule has 0 fully saturated rings. The van der Waals surface area contributed by atoms with E-state index < -0.39 is 0 Å². The van der Waals surface area contributed by atoms with Gasteiger partial charge in [-0.1, -0.05) is 30.3 Å². The van der Waals surface area contributed by atoms with E-state index in [4.69, 9.17) is 0 Å². The van der Waals surface area contributed by atoms with Gasteiger partial charge in [0.1, 0.15) is 0 Å². The summed E-state index contributed by atoms with van der Waals surface area (Å²) in [6.07, 6.45) is 0. The van der Waals surface area contributed by atoms with Crippen LogP contribution in [-0.4, -0.2) is 10.2 Å². The summed E-state index contributed by atoms with van der Waals surface area (Å²) in [6, 6.07) is 12.8. The van der Waals surface area contributed by atoms with Crippen LogP contribution in [0.2, 0.25) is 0 Å². The molecular formula is C12H10O2S. The van der Waals surface area contributed by atoms with Gasteiger partial charge in [0, 0.05) is 10.5 Å². The van der Waals surface area contributed by atoms with E-state index in [0.717, 1.165) is 5.56 Å². The molecule has 0 aromatic heterocycles. The Bertz CT molecular complexity index is 480. The van der Waals surface area contributed by atoms with Gasteiger partial charge in [-0.25, -0.2) is 0 Å². The summed E-state index contributed by atoms with van der Waals surface area (Å²) in [7, 11) is 0. The molecule has 3 heteroatoms. The first-order valence-electron chi connectivity index (χ1n) is 4.49. The van der Waals surface area contributed by atoms with Crippen molar-refractivity contribution in [3.05, 3.63) is 42.5 Å². The van der Waals surface area contributed by atoms with E-state index in [-0.39, 0.29) is 11.5 Å². The Kier molecular flexibility index (Phi) is 2.56. The van der Waals surface area contributed by atoms with Gasteiger partial charge in [-0.15, -0.1) is 12.6 Å². The fraction of sp³-hybridized carbons (Fsp3) is 0. The molecule has 15 heavy (non-hydrogen) atoms. The maximum Gasteiger partial charge on any atom is 0.171 e. The average Bonchev–Trinajstić information content (AvgIpc) is 2.27. The van der Waals surface area contributed by atoms with E-state index in [2.05, 4.69) is 12.6 Å². The molecule has 0 unspecified atom stereocenters. The second kappa shape index (κ2) is 3.87. The molecule has 0 amide bonds. The first-order valence-corrected chi connectivity index (χ1v) is 4.94. The fourth-order valence-electron chi connectivity index (χ4n) is 1.42. The van der Waals surface area contributed by atoms with Crippen molar-refractivity contribution < 1.29 is 10.2 Å². The van der Waals surface area contributed by atoms with Crippen LogP contribution in [0, 0.1) is 0 Å². The number of phenolic OH excluding ortho intramolecular Hbond substituents is 2. The maximum absolute atomic E-state index is 9.73. The Labute approximate surface area is 93.2 Å². The molecule has 0 heterocycles. The third kappa shape index (κ3) is 1.78. The first kappa shape index (κ1) is 9.93. The molecule has 0 bridgehead atoms. The molecule has 0 aliphatic rings. The Balaban J connectivity index is 2.60. The van der Waals surface area contributed by atoms with Crippen molar-refractivity contribution in [2.75, 3.05) is 0 Å². The van der Waals surface area contributed by atoms with Crippen LogP contribution in [0.5, 0.6) is 11.5 Å². The number of aromatic hydroxyl groups is 2. The summed E-state index contributed by atoms with van der Waals surface area (Å²) in [5.41, 5.74) is 1.46. The Hall–Kier alpha value is -1.61. The third-order valence-electron chi connectivity index (χ3n) is 2.21. The molecule has 2 rings (SSSR count). The molecule has 2 N–H and O–H groups in total. The lowest BCUT2D eigenvalue weighted by atomic mass is 10.0. The summed E-state index contributed by atoms with van der Waals surface area (Å²) in [4.78, 5) is 0.368. The topological polar surface area (TPSA) is 40.5 Å². The van der Waals surface area contributed by atoms with Crippen LogP contribution in [0.4, 0.5) is 0 Å². The van der Waals surface area contributed by atoms with Crippen LogP contribution in [0.25, 0.3) is 11.1 Å². The Morgan fingerprint density at radius 1 is 0.800 bits per heavy atom. The number of benzene rings is 2. The van der Waals surface area contributed by atoms with E-state index in [1.165, 1.54) is 0 Å². The highest BCUT2D eigenvalue weighted by Gasteiger charge is 2.10. The van der Waals surface area contributed by atoms with Gasteiger partial charge < -0.3 is 10.2 Å². The highest BCUT2D eigenvalue weighted by molar-refractivity contribution is 7.80. The summed E-state index contributed by atoms with van der Waals surface area (Å²) >= 11 is 4.02. The summed E-state index contributed by atoms with van der Waals surface area (Å²) in [5.74, 6) is -0.312. The van der Waals surface area contributed by atoms with Crippen molar-refractivity contribution in [1.82, 2.24) is 0 Å². The first-order chi connectivity index (χ1) is 7.20. The standard InChI is InChI=1S/C12H10O2S/c13-11-9(6-7-10(15)12(11)14)8-4-2-1-3-5-8/h1-7,13-15H. The largest absolute Gasteiger partial charge is 0.504 e. The SMILES string of the molecule is Oc1c(S)ccc(-c2ccccc2)c1O. The smallest absolute Gasteiger partial charge is 0.171 e. The minimum atomic E-state index is -0.181. The second-order valence-electron chi connectivity index (χ2n) is 3.20. The van der Waals surface area contributed by atoms with Crippen LogP contribution in [0.3, 0.4) is 0 Å². The van der Waals surface area contributed by atoms with Gasteiger partial charge in [0.25, 0.3) is 0 Å². The van der Waals surface area contributed by atoms with Gasteiger partial charge in [0.15, 0.2) is 11.5 Å². The molecule has 2 aromatic rings. The Morgan fingerprint density at radius 2 is 1.47 bits per heavy atom. The van der Waals surface area contributed by atoms with Crippen LogP contribution >= 0.6 is 12.6 Å². The Morgan fingerprint density at radius 3 is 2.13 bits per heavy atom. The molecule has 0 atom stereocenters. The van der Waals surface area contributed by atoms with Crippen molar-refractivity contribution in [2.24, 2.45) is 0 Å². The van der Waals surface area contributed by atoms with E-state index in [9.17, 15) is 10.2 Å². The van der Waals surface area contributed by atoms with Crippen molar-refractivity contribution in [3.8, 4) is 22.6 Å². The van der Waals surface area contributed by atoms with Gasteiger partial charge in [-0.05, 0) is 17.7 Å². The van der Waals surface area contributed by atoms with Crippen molar-refractivity contribution in [2.45, 2.75) is 4.90 Å². The number of rotatable bonds is 1. The van der Waals surface area contributed by atoms with E-state index >= 15 is 0 Å². The van der Waals surface area contributed by atoms with Crippen molar-refractivity contribution in [1.29, 1.82) is 0 Å². The van der Waals surface area contributed by atoms with Crippen LogP contribution < -0.4 is 0 Å². The molecule has 0 saturated carbocycles. The fourth-order valence-corrected chi connectivity index (χ4v) is 1.60. The van der Waals surface area contributed by atoms with E-state index in [0.29, 0.717) is 10.5 Å². The van der Waals surface area contributed by atoms with E-state index in [1.54, 1.807) is 12.1 Å². The van der Waals surface area contributed by atoms with Crippen LogP contribution in [-0.2, 0) is 0 Å². The third-order valence-corrected chi connectivity index (χ3v) is 2.58. The lowest BCUT2D eigenvalue weighted by molar-refractivity contribution is 0.396. The quantitative estimate of drug-likeness (QED) is 0.508. The number of phenols is 2. The molecule has 0 radical (unpaired) electrons. The molecule has 0 saturated heterocycles. The lowest BCUT2D eigenvalue weighted by Crippen LogP contribution is -1.80. The summed E-state index contributed by atoms with van der Waals surface area (Å²) < 4.78 is 0. The average molecular weight is 218 g/mol. The zero-order valence-electron chi connectivity index (χ0n) is 7.88. The van der Waals surface area contributed by atoms with Gasteiger partial charge in [-0.3, -0.25) is 0 Å². The highest BCUT2D eigenvalue weighted by Crippen LogP contribution is 2.39. The zero-order valence-corrected chi connectivity index (χ0v) is 8.78. The lowest BCUT2D eigenvalue weighted by Gasteiger charge is -2.07. The highest BCUT2D eigenvalue weighted by atomic mass is 32.1. The predicted octanol–water partition coefficient (Wildman–Crippen LogP) is 3.05. The summed E-state index contributed by atoms with van der Waals surface area (Å²) in [6.45, 7) is 0. The summed E-state index contributed by atoms with van der Waals surface area (Å²) in [5, 5.41) is 19.3. The molecule has 0 aliphatic heterocycles. The molecule has 0 spiro atoms. The molecule has 0 aliphatic carbocycles. The number of hydrogen-bond donors (Lipinski definition) is 3. The molecule has 76 valence electrons. The van der Waals surface area contributed by atoms with Crippen molar-refractivity contribution >= 4 is 12.6 Å². The van der Waals surface area contributed by atoms with Crippen LogP contribution in [0.1, 0.15) is 0 Å². The molecular weight excluding hydrogens is 208 g/mol. The monoisotopic (exact) mass is 218 g/mol. The number of hydrogen-bond acceptors (Lipinski definition) is 3. The predicted molar refractivity (Wildman–Crippen MR) is 62.5 cm³/mol. The zero-order chi connectivity index (χ0) is 10.8. The van der Waals surface area contributed by atoms with Gasteiger partial charge >= 0.3 is 0 Å². The normalized spacial score (nSPS) is 10.2. The minimum absolute atomic E-state index is 0.131. The second-order valence-corrected chi connectivity index (χ2v) is 3.68. The van der Waals surface area contributed by atoms with Gasteiger partial charge in [0.2, 0.25) is 0 Å². The number of thiol groups is 1. The minimum Gasteiger partial charge on any atom is -0.504 e. The van der Waals surface area contributed by atoms with Crippen LogP contribution in [0.15, 0.2) is 47.4 Å². The van der Waals surface area contributed by atoms with Gasteiger partial charge in [0.05, 0.1) is 0 Å². The van der Waals surface area contributed by atoms with Gasteiger partial charge in [-0.2, -0.15) is 0 Å². The maximum atomic E-state index is 9.73.